The molecule has 160 valence electrons. The lowest BCUT2D eigenvalue weighted by molar-refractivity contribution is -0.120. The van der Waals surface area contributed by atoms with Crippen LogP contribution in [-0.2, 0) is 14.8 Å². The molecule has 7 heteroatoms. The van der Waals surface area contributed by atoms with Crippen molar-refractivity contribution >= 4 is 27.7 Å². The van der Waals surface area contributed by atoms with Crippen LogP contribution in [0.2, 0.25) is 0 Å². The molecule has 0 saturated carbocycles. The van der Waals surface area contributed by atoms with Gasteiger partial charge in [-0.25, -0.2) is 8.42 Å². The number of piperazine rings is 1. The molecule has 0 atom stereocenters. The largest absolute Gasteiger partial charge is 0.309 e. The highest BCUT2D eigenvalue weighted by molar-refractivity contribution is 7.92. The van der Waals surface area contributed by atoms with Gasteiger partial charge in [-0.15, -0.1) is 0 Å². The Bertz CT molecular complexity index is 952. The minimum absolute atomic E-state index is 0.0245. The highest BCUT2D eigenvalue weighted by Gasteiger charge is 2.28. The van der Waals surface area contributed by atoms with Crippen LogP contribution in [-0.4, -0.2) is 62.3 Å². The van der Waals surface area contributed by atoms with Gasteiger partial charge in [0, 0.05) is 43.3 Å². The molecule has 0 bridgehead atoms. The smallest absolute Gasteiger partial charge is 0.241 e. The molecule has 1 saturated heterocycles. The molecule has 2 aromatic rings. The Kier molecular flexibility index (Phi) is 7.42. The molecular weight excluding hydrogens is 398 g/mol. The van der Waals surface area contributed by atoms with Gasteiger partial charge in [0.1, 0.15) is 0 Å². The number of hydrogen-bond acceptors (Lipinski definition) is 4. The van der Waals surface area contributed by atoms with E-state index in [9.17, 15) is 13.2 Å². The molecule has 0 aliphatic carbocycles. The minimum Gasteiger partial charge on any atom is -0.309 e. The molecule has 1 aliphatic rings. The molecule has 0 radical (unpaired) electrons. The zero-order chi connectivity index (χ0) is 21.6. The maximum absolute atomic E-state index is 12.9. The van der Waals surface area contributed by atoms with Crippen molar-refractivity contribution in [2.24, 2.45) is 0 Å². The lowest BCUT2D eigenvalue weighted by atomic mass is 10.2. The summed E-state index contributed by atoms with van der Waals surface area (Å²) < 4.78 is 26.7. The van der Waals surface area contributed by atoms with Gasteiger partial charge in [0.25, 0.3) is 0 Å². The third-order valence-corrected chi connectivity index (χ3v) is 6.67. The Morgan fingerprint density at radius 1 is 0.967 bits per heavy atom. The Hall–Kier alpha value is -2.48. The summed E-state index contributed by atoms with van der Waals surface area (Å²) >= 11 is 0. The fraction of sp³-hybridized carbons (Fsp3) is 0.348. The second-order valence-corrected chi connectivity index (χ2v) is 9.45. The number of nitrogens with zero attached hydrogens (tertiary/aromatic N) is 3. The van der Waals surface area contributed by atoms with Crippen LogP contribution in [0.15, 0.2) is 66.1 Å². The van der Waals surface area contributed by atoms with E-state index in [1.807, 2.05) is 79.4 Å². The van der Waals surface area contributed by atoms with Crippen molar-refractivity contribution in [1.82, 2.24) is 9.21 Å². The number of para-hydroxylation sites is 1. The summed E-state index contributed by atoms with van der Waals surface area (Å²) in [6, 6.07) is 19.0. The number of sulfonamides is 1. The molecular formula is C23H29N3O3S. The Labute approximate surface area is 179 Å². The first-order valence-electron chi connectivity index (χ1n) is 10.2. The van der Waals surface area contributed by atoms with Crippen LogP contribution in [0.3, 0.4) is 0 Å². The van der Waals surface area contributed by atoms with Gasteiger partial charge in [-0.2, -0.15) is 4.31 Å². The zero-order valence-corrected chi connectivity index (χ0v) is 18.3. The van der Waals surface area contributed by atoms with Crippen LogP contribution in [0.25, 0.3) is 6.08 Å². The molecule has 0 aromatic heterocycles. The summed E-state index contributed by atoms with van der Waals surface area (Å²) in [5, 5.41) is 1.26. The predicted octanol–water partition coefficient (Wildman–Crippen LogP) is 3.05. The van der Waals surface area contributed by atoms with Crippen LogP contribution < -0.4 is 4.90 Å². The van der Waals surface area contributed by atoms with Crippen molar-refractivity contribution in [2.75, 3.05) is 37.6 Å². The van der Waals surface area contributed by atoms with Gasteiger partial charge in [0.15, 0.2) is 0 Å². The Balaban J connectivity index is 1.57. The first-order valence-corrected chi connectivity index (χ1v) is 11.7. The number of amides is 1. The van der Waals surface area contributed by atoms with Gasteiger partial charge in [0.05, 0.1) is 6.54 Å². The number of carbonyl (C=O) groups excluding carboxylic acids is 1. The fourth-order valence-corrected chi connectivity index (χ4v) is 4.72. The molecule has 1 amide bonds. The van der Waals surface area contributed by atoms with Crippen molar-refractivity contribution in [1.29, 1.82) is 0 Å². The first-order chi connectivity index (χ1) is 14.4. The Morgan fingerprint density at radius 2 is 1.53 bits per heavy atom. The highest BCUT2D eigenvalue weighted by Crippen LogP contribution is 2.18. The average Bonchev–Trinajstić information content (AvgIpc) is 2.74. The highest BCUT2D eigenvalue weighted by atomic mass is 32.2. The lowest BCUT2D eigenvalue weighted by Crippen LogP contribution is -2.52. The normalized spacial score (nSPS) is 16.2. The van der Waals surface area contributed by atoms with E-state index < -0.39 is 10.0 Å². The van der Waals surface area contributed by atoms with Gasteiger partial charge < -0.3 is 4.90 Å². The van der Waals surface area contributed by atoms with Gasteiger partial charge in [-0.05, 0) is 37.6 Å². The maximum Gasteiger partial charge on any atom is 0.241 e. The summed E-state index contributed by atoms with van der Waals surface area (Å²) in [5.41, 5.74) is 1.73. The van der Waals surface area contributed by atoms with Crippen LogP contribution >= 0.6 is 0 Å². The summed E-state index contributed by atoms with van der Waals surface area (Å²) in [7, 11) is -3.48. The van der Waals surface area contributed by atoms with Gasteiger partial charge >= 0.3 is 0 Å². The average molecular weight is 428 g/mol. The first kappa shape index (κ1) is 22.2. The van der Waals surface area contributed by atoms with Crippen molar-refractivity contribution in [3.63, 3.8) is 0 Å². The fourth-order valence-electron chi connectivity index (χ4n) is 3.54. The van der Waals surface area contributed by atoms with Crippen molar-refractivity contribution < 1.29 is 13.2 Å². The van der Waals surface area contributed by atoms with Gasteiger partial charge in [-0.1, -0.05) is 48.5 Å². The summed E-state index contributed by atoms with van der Waals surface area (Å²) in [6.45, 7) is 6.09. The zero-order valence-electron chi connectivity index (χ0n) is 17.5. The second-order valence-electron chi connectivity index (χ2n) is 7.63. The van der Waals surface area contributed by atoms with Crippen molar-refractivity contribution in [3.05, 3.63) is 71.6 Å². The van der Waals surface area contributed by atoms with Crippen LogP contribution in [0.5, 0.6) is 0 Å². The molecule has 0 unspecified atom stereocenters. The van der Waals surface area contributed by atoms with E-state index in [1.54, 1.807) is 11.0 Å². The third kappa shape index (κ3) is 5.78. The monoisotopic (exact) mass is 427 g/mol. The van der Waals surface area contributed by atoms with E-state index >= 15 is 0 Å². The quantitative estimate of drug-likeness (QED) is 0.681. The molecule has 1 heterocycles. The van der Waals surface area contributed by atoms with Gasteiger partial charge in [-0.3, -0.25) is 9.69 Å². The summed E-state index contributed by atoms with van der Waals surface area (Å²) in [4.78, 5) is 16.8. The molecule has 0 N–H and O–H groups in total. The summed E-state index contributed by atoms with van der Waals surface area (Å²) in [6.07, 6.45) is 1.62. The molecule has 30 heavy (non-hydrogen) atoms. The maximum atomic E-state index is 12.9. The van der Waals surface area contributed by atoms with E-state index in [4.69, 9.17) is 0 Å². The van der Waals surface area contributed by atoms with E-state index in [1.165, 1.54) is 9.71 Å². The third-order valence-electron chi connectivity index (χ3n) is 5.10. The summed E-state index contributed by atoms with van der Waals surface area (Å²) in [5.74, 6) is 0.0245. The SMILES string of the molecule is CC(C)N(C(=O)CN1CCN(S(=O)(=O)/C=C/c2ccccc2)CC1)c1ccccc1. The minimum atomic E-state index is -3.48. The standard InChI is InChI=1S/C23H29N3O3S/c1-20(2)26(22-11-7-4-8-12-22)23(27)19-24-14-16-25(17-15-24)30(28,29)18-13-21-9-5-3-6-10-21/h3-13,18,20H,14-17,19H2,1-2H3/b18-13+. The molecule has 1 fully saturated rings. The van der Waals surface area contributed by atoms with Crippen LogP contribution in [0.4, 0.5) is 5.69 Å². The molecule has 0 spiro atoms. The molecule has 6 nitrogen and oxygen atoms in total. The number of rotatable bonds is 7. The van der Waals surface area contributed by atoms with Gasteiger partial charge in [0.2, 0.25) is 15.9 Å². The number of benzene rings is 2. The number of carbonyl (C=O) groups is 1. The lowest BCUT2D eigenvalue weighted by Gasteiger charge is -2.35. The van der Waals surface area contributed by atoms with Crippen LogP contribution in [0, 0.1) is 0 Å². The predicted molar refractivity (Wildman–Crippen MR) is 121 cm³/mol. The van der Waals surface area contributed by atoms with E-state index in [2.05, 4.69) is 0 Å². The van der Waals surface area contributed by atoms with E-state index in [0.717, 1.165) is 11.3 Å². The van der Waals surface area contributed by atoms with E-state index in [-0.39, 0.29) is 18.5 Å². The Morgan fingerprint density at radius 3 is 2.10 bits per heavy atom. The number of anilines is 1. The van der Waals surface area contributed by atoms with Crippen molar-refractivity contribution in [3.8, 4) is 0 Å². The topological polar surface area (TPSA) is 60.9 Å². The molecule has 2 aromatic carbocycles. The van der Waals surface area contributed by atoms with Crippen LogP contribution in [0.1, 0.15) is 19.4 Å². The van der Waals surface area contributed by atoms with Crippen molar-refractivity contribution in [2.45, 2.75) is 19.9 Å². The second kappa shape index (κ2) is 10.0. The molecule has 1 aliphatic heterocycles. The van der Waals surface area contributed by atoms with E-state index in [0.29, 0.717) is 26.2 Å². The molecule has 3 rings (SSSR count). The number of hydrogen-bond donors (Lipinski definition) is 0.